The van der Waals surface area contributed by atoms with Gasteiger partial charge in [-0.25, -0.2) is 9.37 Å². The lowest BCUT2D eigenvalue weighted by Gasteiger charge is -2.20. The summed E-state index contributed by atoms with van der Waals surface area (Å²) in [4.78, 5) is 3.92. The Morgan fingerprint density at radius 2 is 2.06 bits per heavy atom. The van der Waals surface area contributed by atoms with Crippen molar-refractivity contribution in [2.45, 2.75) is 45.3 Å². The largest absolute Gasteiger partial charge is 0.489 e. The first kappa shape index (κ1) is 11.2. The minimum absolute atomic E-state index is 0.0237. The van der Waals surface area contributed by atoms with Crippen LogP contribution in [-0.4, -0.2) is 16.7 Å². The van der Waals surface area contributed by atoms with E-state index >= 15 is 0 Å². The molecule has 1 aromatic heterocycles. The van der Waals surface area contributed by atoms with Gasteiger partial charge in [-0.1, -0.05) is 0 Å². The predicted octanol–water partition coefficient (Wildman–Crippen LogP) is 2.94. The van der Waals surface area contributed by atoms with Crippen LogP contribution >= 0.6 is 0 Å². The van der Waals surface area contributed by atoms with E-state index in [1.807, 2.05) is 20.8 Å². The number of halogens is 1. The Kier molecular flexibility index (Phi) is 2.74. The Hall–Kier alpha value is -1.32. The summed E-state index contributed by atoms with van der Waals surface area (Å²) < 4.78 is 24.4. The summed E-state index contributed by atoms with van der Waals surface area (Å²) in [6.45, 7) is 5.55. The lowest BCUT2D eigenvalue weighted by molar-refractivity contribution is 0.116. The maximum Gasteiger partial charge on any atom is 0.251 e. The van der Waals surface area contributed by atoms with E-state index in [0.717, 1.165) is 12.8 Å². The normalized spacial score (nSPS) is 16.0. The summed E-state index contributed by atoms with van der Waals surface area (Å²) in [5.74, 6) is 0.0185. The van der Waals surface area contributed by atoms with Crippen LogP contribution in [-0.2, 0) is 0 Å². The topological polar surface area (TPSA) is 31.4 Å². The van der Waals surface area contributed by atoms with Crippen molar-refractivity contribution in [2.75, 3.05) is 0 Å². The zero-order chi connectivity index (χ0) is 11.8. The molecule has 0 unspecified atom stereocenters. The number of aromatic nitrogens is 1. The van der Waals surface area contributed by atoms with Crippen molar-refractivity contribution in [3.63, 3.8) is 0 Å². The minimum atomic E-state index is -0.479. The van der Waals surface area contributed by atoms with Crippen LogP contribution in [0.25, 0.3) is 0 Å². The van der Waals surface area contributed by atoms with Crippen LogP contribution in [0.5, 0.6) is 11.6 Å². The molecule has 0 atom stereocenters. The van der Waals surface area contributed by atoms with Crippen molar-refractivity contribution in [3.05, 3.63) is 18.1 Å². The van der Waals surface area contributed by atoms with Gasteiger partial charge in [-0.05, 0) is 33.6 Å². The van der Waals surface area contributed by atoms with E-state index in [2.05, 4.69) is 4.98 Å². The number of hydrogen-bond acceptors (Lipinski definition) is 3. The van der Waals surface area contributed by atoms with Gasteiger partial charge in [0.1, 0.15) is 11.4 Å². The van der Waals surface area contributed by atoms with Gasteiger partial charge in [0, 0.05) is 6.07 Å². The molecule has 4 heteroatoms. The minimum Gasteiger partial charge on any atom is -0.489 e. The zero-order valence-electron chi connectivity index (χ0n) is 9.79. The fourth-order valence-corrected chi connectivity index (χ4v) is 1.22. The third kappa shape index (κ3) is 3.08. The molecule has 2 rings (SSSR count). The van der Waals surface area contributed by atoms with E-state index in [4.69, 9.17) is 9.47 Å². The number of pyridine rings is 1. The SMILES string of the molecule is CC(C)(C)Oc1ncc(OC2CC2)cc1F. The van der Waals surface area contributed by atoms with E-state index < -0.39 is 11.4 Å². The van der Waals surface area contributed by atoms with Crippen LogP contribution in [0.1, 0.15) is 33.6 Å². The second-order valence-electron chi connectivity index (χ2n) is 4.99. The monoisotopic (exact) mass is 225 g/mol. The van der Waals surface area contributed by atoms with Gasteiger partial charge in [0.05, 0.1) is 12.3 Å². The predicted molar refractivity (Wildman–Crippen MR) is 58.2 cm³/mol. The van der Waals surface area contributed by atoms with Crippen LogP contribution in [0.15, 0.2) is 12.3 Å². The summed E-state index contributed by atoms with van der Waals surface area (Å²) in [7, 11) is 0. The third-order valence-electron chi connectivity index (χ3n) is 2.01. The molecule has 0 bridgehead atoms. The lowest BCUT2D eigenvalue weighted by atomic mass is 10.2. The molecule has 88 valence electrons. The van der Waals surface area contributed by atoms with E-state index in [0.29, 0.717) is 5.75 Å². The van der Waals surface area contributed by atoms with Crippen LogP contribution in [0.2, 0.25) is 0 Å². The van der Waals surface area contributed by atoms with E-state index in [9.17, 15) is 4.39 Å². The Bertz CT molecular complexity index is 383. The van der Waals surface area contributed by atoms with Crippen LogP contribution in [0.4, 0.5) is 4.39 Å². The Morgan fingerprint density at radius 1 is 1.38 bits per heavy atom. The van der Waals surface area contributed by atoms with Crippen molar-refractivity contribution < 1.29 is 13.9 Å². The number of nitrogens with zero attached hydrogens (tertiary/aromatic N) is 1. The standard InChI is InChI=1S/C12H16FNO2/c1-12(2,3)16-11-10(13)6-9(7-14-11)15-8-4-5-8/h6-8H,4-5H2,1-3H3. The van der Waals surface area contributed by atoms with E-state index in [1.54, 1.807) is 0 Å². The molecule has 1 saturated carbocycles. The van der Waals surface area contributed by atoms with Crippen LogP contribution in [0.3, 0.4) is 0 Å². The highest BCUT2D eigenvalue weighted by Crippen LogP contribution is 2.28. The summed E-state index contributed by atoms with van der Waals surface area (Å²) >= 11 is 0. The third-order valence-corrected chi connectivity index (χ3v) is 2.01. The average molecular weight is 225 g/mol. The molecule has 0 saturated heterocycles. The van der Waals surface area contributed by atoms with Gasteiger partial charge in [-0.2, -0.15) is 0 Å². The molecule has 0 aliphatic heterocycles. The fourth-order valence-electron chi connectivity index (χ4n) is 1.22. The highest BCUT2D eigenvalue weighted by molar-refractivity contribution is 5.25. The molecule has 0 radical (unpaired) electrons. The quantitative estimate of drug-likeness (QED) is 0.792. The van der Waals surface area contributed by atoms with Gasteiger partial charge in [-0.3, -0.25) is 0 Å². The molecule has 3 nitrogen and oxygen atoms in total. The molecular formula is C12H16FNO2. The molecule has 1 fully saturated rings. The smallest absolute Gasteiger partial charge is 0.251 e. The summed E-state index contributed by atoms with van der Waals surface area (Å²) in [5, 5.41) is 0. The van der Waals surface area contributed by atoms with Crippen molar-refractivity contribution in [1.29, 1.82) is 0 Å². The summed E-state index contributed by atoms with van der Waals surface area (Å²) in [6, 6.07) is 1.33. The van der Waals surface area contributed by atoms with Gasteiger partial charge < -0.3 is 9.47 Å². The average Bonchev–Trinajstić information content (AvgIpc) is 2.92. The number of hydrogen-bond donors (Lipinski definition) is 0. The molecule has 0 aromatic carbocycles. The maximum absolute atomic E-state index is 13.6. The van der Waals surface area contributed by atoms with Crippen LogP contribution < -0.4 is 9.47 Å². The van der Waals surface area contributed by atoms with Gasteiger partial charge in [-0.15, -0.1) is 0 Å². The Morgan fingerprint density at radius 3 is 2.56 bits per heavy atom. The van der Waals surface area contributed by atoms with E-state index in [-0.39, 0.29) is 12.0 Å². The van der Waals surface area contributed by atoms with Gasteiger partial charge in [0.2, 0.25) is 0 Å². The van der Waals surface area contributed by atoms with Gasteiger partial charge in [0.25, 0.3) is 5.88 Å². The molecule has 16 heavy (non-hydrogen) atoms. The summed E-state index contributed by atoms with van der Waals surface area (Å²) in [6.07, 6.45) is 3.84. The zero-order valence-corrected chi connectivity index (χ0v) is 9.79. The van der Waals surface area contributed by atoms with E-state index in [1.165, 1.54) is 12.3 Å². The molecular weight excluding hydrogens is 209 g/mol. The maximum atomic E-state index is 13.6. The van der Waals surface area contributed by atoms with Crippen molar-refractivity contribution in [1.82, 2.24) is 4.98 Å². The Balaban J connectivity index is 2.09. The van der Waals surface area contributed by atoms with Gasteiger partial charge in [0.15, 0.2) is 5.82 Å². The number of ether oxygens (including phenoxy) is 2. The summed E-state index contributed by atoms with van der Waals surface area (Å²) in [5.41, 5.74) is -0.452. The first-order valence-corrected chi connectivity index (χ1v) is 5.45. The van der Waals surface area contributed by atoms with Crippen molar-refractivity contribution in [3.8, 4) is 11.6 Å². The van der Waals surface area contributed by atoms with Crippen LogP contribution in [0, 0.1) is 5.82 Å². The molecule has 0 spiro atoms. The Labute approximate surface area is 94.6 Å². The lowest BCUT2D eigenvalue weighted by Crippen LogP contribution is -2.24. The molecule has 0 N–H and O–H groups in total. The molecule has 1 aliphatic rings. The molecule has 1 aliphatic carbocycles. The fraction of sp³-hybridized carbons (Fsp3) is 0.583. The highest BCUT2D eigenvalue weighted by atomic mass is 19.1. The number of rotatable bonds is 3. The van der Waals surface area contributed by atoms with Crippen molar-refractivity contribution in [2.24, 2.45) is 0 Å². The van der Waals surface area contributed by atoms with Gasteiger partial charge >= 0.3 is 0 Å². The molecule has 1 heterocycles. The first-order valence-electron chi connectivity index (χ1n) is 5.45. The molecule has 0 amide bonds. The second kappa shape index (κ2) is 3.92. The van der Waals surface area contributed by atoms with Crippen molar-refractivity contribution >= 4 is 0 Å². The first-order chi connectivity index (χ1) is 7.44. The highest BCUT2D eigenvalue weighted by Gasteiger charge is 2.24. The molecule has 1 aromatic rings. The second-order valence-corrected chi connectivity index (χ2v) is 4.99.